The van der Waals surface area contributed by atoms with Crippen LogP contribution in [0.1, 0.15) is 5.56 Å². The summed E-state index contributed by atoms with van der Waals surface area (Å²) in [7, 11) is 0. The third-order valence-electron chi connectivity index (χ3n) is 2.18. The molecule has 2 rings (SSSR count). The van der Waals surface area contributed by atoms with Crippen molar-refractivity contribution in [1.29, 1.82) is 0 Å². The lowest BCUT2D eigenvalue weighted by molar-refractivity contribution is 0.0853. The first-order chi connectivity index (χ1) is 6.84. The second kappa shape index (κ2) is 4.82. The van der Waals surface area contributed by atoms with Crippen molar-refractivity contribution < 1.29 is 4.74 Å². The van der Waals surface area contributed by atoms with Gasteiger partial charge in [0.15, 0.2) is 0 Å². The first-order valence-electron chi connectivity index (χ1n) is 4.90. The molecule has 0 aliphatic carbocycles. The SMILES string of the molecule is Cc1ccc(SC2CNCCO2)cc1. The van der Waals surface area contributed by atoms with E-state index in [4.69, 9.17) is 4.74 Å². The molecule has 1 heterocycles. The van der Waals surface area contributed by atoms with Crippen LogP contribution in [0, 0.1) is 6.92 Å². The van der Waals surface area contributed by atoms with E-state index in [1.54, 1.807) is 11.8 Å². The van der Waals surface area contributed by atoms with Gasteiger partial charge in [-0.2, -0.15) is 0 Å². The van der Waals surface area contributed by atoms with Crippen molar-refractivity contribution >= 4 is 11.8 Å². The standard InChI is InChI=1S/C11H15NOS/c1-9-2-4-10(5-3-9)14-11-8-12-6-7-13-11/h2-5,11-12H,6-8H2,1H3. The summed E-state index contributed by atoms with van der Waals surface area (Å²) in [6.45, 7) is 4.85. The summed E-state index contributed by atoms with van der Waals surface area (Å²) in [6, 6.07) is 8.58. The van der Waals surface area contributed by atoms with Crippen LogP contribution in [0.15, 0.2) is 29.2 Å². The highest BCUT2D eigenvalue weighted by Crippen LogP contribution is 2.24. The van der Waals surface area contributed by atoms with Crippen molar-refractivity contribution in [2.75, 3.05) is 19.7 Å². The van der Waals surface area contributed by atoms with E-state index in [1.165, 1.54) is 10.5 Å². The summed E-state index contributed by atoms with van der Waals surface area (Å²) in [6.07, 6.45) is 0. The van der Waals surface area contributed by atoms with Gasteiger partial charge in [0.2, 0.25) is 0 Å². The fraction of sp³-hybridized carbons (Fsp3) is 0.455. The fourth-order valence-corrected chi connectivity index (χ4v) is 2.35. The molecule has 14 heavy (non-hydrogen) atoms. The van der Waals surface area contributed by atoms with Gasteiger partial charge in [0.1, 0.15) is 5.44 Å². The van der Waals surface area contributed by atoms with Gasteiger partial charge in [-0.1, -0.05) is 29.5 Å². The fourth-order valence-electron chi connectivity index (χ4n) is 1.39. The Morgan fingerprint density at radius 1 is 1.36 bits per heavy atom. The first kappa shape index (κ1) is 10.0. The lowest BCUT2D eigenvalue weighted by atomic mass is 10.2. The van der Waals surface area contributed by atoms with Gasteiger partial charge in [-0.3, -0.25) is 0 Å². The summed E-state index contributed by atoms with van der Waals surface area (Å²) in [5.74, 6) is 0. The molecule has 0 spiro atoms. The van der Waals surface area contributed by atoms with E-state index in [0.717, 1.165) is 19.7 Å². The molecule has 1 unspecified atom stereocenters. The van der Waals surface area contributed by atoms with E-state index < -0.39 is 0 Å². The minimum atomic E-state index is 0.270. The number of benzene rings is 1. The molecule has 0 saturated carbocycles. The monoisotopic (exact) mass is 209 g/mol. The molecule has 1 aliphatic rings. The molecule has 3 heteroatoms. The zero-order valence-electron chi connectivity index (χ0n) is 8.32. The zero-order chi connectivity index (χ0) is 9.80. The van der Waals surface area contributed by atoms with Gasteiger partial charge in [-0.05, 0) is 19.1 Å². The lowest BCUT2D eigenvalue weighted by Crippen LogP contribution is -2.36. The van der Waals surface area contributed by atoms with Gasteiger partial charge in [-0.15, -0.1) is 0 Å². The number of ether oxygens (including phenoxy) is 1. The molecular formula is C11H15NOS. The van der Waals surface area contributed by atoms with Crippen molar-refractivity contribution in [3.63, 3.8) is 0 Å². The minimum absolute atomic E-state index is 0.270. The van der Waals surface area contributed by atoms with Crippen LogP contribution in [-0.4, -0.2) is 25.1 Å². The predicted molar refractivity (Wildman–Crippen MR) is 59.6 cm³/mol. The van der Waals surface area contributed by atoms with Gasteiger partial charge < -0.3 is 10.1 Å². The number of rotatable bonds is 2. The van der Waals surface area contributed by atoms with Gasteiger partial charge in [0, 0.05) is 18.0 Å². The molecule has 1 aromatic rings. The molecule has 1 atom stereocenters. The predicted octanol–water partition coefficient (Wildman–Crippen LogP) is 2.03. The van der Waals surface area contributed by atoms with Crippen LogP contribution in [0.5, 0.6) is 0 Å². The van der Waals surface area contributed by atoms with Gasteiger partial charge >= 0.3 is 0 Å². The highest BCUT2D eigenvalue weighted by Gasteiger charge is 2.13. The second-order valence-electron chi connectivity index (χ2n) is 3.44. The van der Waals surface area contributed by atoms with Crippen molar-refractivity contribution in [3.05, 3.63) is 29.8 Å². The summed E-state index contributed by atoms with van der Waals surface area (Å²) >= 11 is 1.79. The quantitative estimate of drug-likeness (QED) is 0.805. The zero-order valence-corrected chi connectivity index (χ0v) is 9.14. The highest BCUT2D eigenvalue weighted by molar-refractivity contribution is 7.99. The molecule has 0 aromatic heterocycles. The molecule has 1 N–H and O–H groups in total. The van der Waals surface area contributed by atoms with Crippen LogP contribution in [0.3, 0.4) is 0 Å². The second-order valence-corrected chi connectivity index (χ2v) is 4.67. The summed E-state index contributed by atoms with van der Waals surface area (Å²) in [5.41, 5.74) is 1.57. The molecule has 1 fully saturated rings. The van der Waals surface area contributed by atoms with Crippen LogP contribution in [0.25, 0.3) is 0 Å². The largest absolute Gasteiger partial charge is 0.365 e. The van der Waals surface area contributed by atoms with Crippen molar-refractivity contribution in [2.45, 2.75) is 17.3 Å². The Kier molecular flexibility index (Phi) is 3.45. The van der Waals surface area contributed by atoms with Crippen LogP contribution in [0.2, 0.25) is 0 Å². The lowest BCUT2D eigenvalue weighted by Gasteiger charge is -2.22. The van der Waals surface area contributed by atoms with Gasteiger partial charge in [-0.25, -0.2) is 0 Å². The normalized spacial score (nSPS) is 22.2. The molecule has 1 saturated heterocycles. The topological polar surface area (TPSA) is 21.3 Å². The molecule has 76 valence electrons. The Balaban J connectivity index is 1.92. The Labute approximate surface area is 89.0 Å². The van der Waals surface area contributed by atoms with Crippen LogP contribution in [-0.2, 0) is 4.74 Å². The third-order valence-corrected chi connectivity index (χ3v) is 3.29. The van der Waals surface area contributed by atoms with E-state index in [1.807, 2.05) is 0 Å². The van der Waals surface area contributed by atoms with Crippen molar-refractivity contribution in [3.8, 4) is 0 Å². The maximum Gasteiger partial charge on any atom is 0.120 e. The summed E-state index contributed by atoms with van der Waals surface area (Å²) < 4.78 is 5.61. The molecule has 0 amide bonds. The van der Waals surface area contributed by atoms with Crippen molar-refractivity contribution in [1.82, 2.24) is 5.32 Å². The Morgan fingerprint density at radius 3 is 2.79 bits per heavy atom. The maximum atomic E-state index is 5.61. The molecule has 0 bridgehead atoms. The summed E-state index contributed by atoms with van der Waals surface area (Å²) in [5, 5.41) is 3.32. The van der Waals surface area contributed by atoms with Gasteiger partial charge in [0.05, 0.1) is 6.61 Å². The van der Waals surface area contributed by atoms with E-state index in [2.05, 4.69) is 36.5 Å². The van der Waals surface area contributed by atoms with E-state index in [9.17, 15) is 0 Å². The number of aryl methyl sites for hydroxylation is 1. The average molecular weight is 209 g/mol. The number of morpholine rings is 1. The Hall–Kier alpha value is -0.510. The average Bonchev–Trinajstić information content (AvgIpc) is 2.23. The number of thioether (sulfide) groups is 1. The molecular weight excluding hydrogens is 194 g/mol. The Morgan fingerprint density at radius 2 is 2.14 bits per heavy atom. The van der Waals surface area contributed by atoms with Crippen LogP contribution < -0.4 is 5.32 Å². The van der Waals surface area contributed by atoms with E-state index in [-0.39, 0.29) is 5.44 Å². The van der Waals surface area contributed by atoms with Crippen LogP contribution >= 0.6 is 11.8 Å². The number of hydrogen-bond donors (Lipinski definition) is 1. The molecule has 1 aromatic carbocycles. The minimum Gasteiger partial charge on any atom is -0.365 e. The first-order valence-corrected chi connectivity index (χ1v) is 5.78. The Bertz CT molecular complexity index is 280. The van der Waals surface area contributed by atoms with Crippen LogP contribution in [0.4, 0.5) is 0 Å². The smallest absolute Gasteiger partial charge is 0.120 e. The highest BCUT2D eigenvalue weighted by atomic mass is 32.2. The van der Waals surface area contributed by atoms with Crippen molar-refractivity contribution in [2.24, 2.45) is 0 Å². The molecule has 2 nitrogen and oxygen atoms in total. The van der Waals surface area contributed by atoms with E-state index >= 15 is 0 Å². The maximum absolute atomic E-state index is 5.61. The third kappa shape index (κ3) is 2.74. The van der Waals surface area contributed by atoms with E-state index in [0.29, 0.717) is 0 Å². The number of nitrogens with one attached hydrogen (secondary N) is 1. The van der Waals surface area contributed by atoms with Gasteiger partial charge in [0.25, 0.3) is 0 Å². The number of hydrogen-bond acceptors (Lipinski definition) is 3. The molecule has 1 aliphatic heterocycles. The molecule has 0 radical (unpaired) electrons. The summed E-state index contributed by atoms with van der Waals surface area (Å²) in [4.78, 5) is 1.28.